The van der Waals surface area contributed by atoms with Gasteiger partial charge in [-0.3, -0.25) is 19.3 Å². The molecule has 0 saturated carbocycles. The molecule has 4 amide bonds. The average molecular weight is 555 g/mol. The molecule has 4 rings (SSSR count). The van der Waals surface area contributed by atoms with Gasteiger partial charge in [0.2, 0.25) is 5.91 Å². The molecule has 0 spiro atoms. The third-order valence-corrected chi connectivity index (χ3v) is 7.08. The SMILES string of the molecule is COc1ccc(NC(=O)N2CCN(C(=O)Cc3cccs3)C2C(=O)NC(CC(=O)O)c2ccc(F)cc2)cc1. The van der Waals surface area contributed by atoms with Crippen molar-refractivity contribution in [2.24, 2.45) is 0 Å². The highest BCUT2D eigenvalue weighted by atomic mass is 32.1. The molecule has 10 nitrogen and oxygen atoms in total. The summed E-state index contributed by atoms with van der Waals surface area (Å²) in [5.74, 6) is -2.18. The van der Waals surface area contributed by atoms with Crippen LogP contribution in [0, 0.1) is 5.82 Å². The number of halogens is 1. The summed E-state index contributed by atoms with van der Waals surface area (Å²) in [5, 5.41) is 16.7. The smallest absolute Gasteiger partial charge is 0.323 e. The van der Waals surface area contributed by atoms with Gasteiger partial charge in [0.1, 0.15) is 11.6 Å². The van der Waals surface area contributed by atoms with Gasteiger partial charge in [-0.2, -0.15) is 0 Å². The predicted octanol–water partition coefficient (Wildman–Crippen LogP) is 3.47. The topological polar surface area (TPSA) is 128 Å². The summed E-state index contributed by atoms with van der Waals surface area (Å²) < 4.78 is 18.6. The molecule has 1 aliphatic heterocycles. The maximum absolute atomic E-state index is 13.6. The molecule has 12 heteroatoms. The van der Waals surface area contributed by atoms with E-state index in [1.807, 2.05) is 11.4 Å². The maximum Gasteiger partial charge on any atom is 0.323 e. The second-order valence-corrected chi connectivity index (χ2v) is 9.81. The van der Waals surface area contributed by atoms with Crippen molar-refractivity contribution in [2.45, 2.75) is 25.0 Å². The Balaban J connectivity index is 1.58. The highest BCUT2D eigenvalue weighted by Crippen LogP contribution is 2.24. The predicted molar refractivity (Wildman–Crippen MR) is 142 cm³/mol. The average Bonchev–Trinajstić information content (AvgIpc) is 3.59. The number of carbonyl (C=O) groups is 4. The number of benzene rings is 2. The van der Waals surface area contributed by atoms with E-state index in [-0.39, 0.29) is 25.4 Å². The van der Waals surface area contributed by atoms with Gasteiger partial charge in [-0.15, -0.1) is 11.3 Å². The van der Waals surface area contributed by atoms with Crippen molar-refractivity contribution in [3.63, 3.8) is 0 Å². The number of anilines is 1. The van der Waals surface area contributed by atoms with Crippen molar-refractivity contribution in [1.29, 1.82) is 0 Å². The summed E-state index contributed by atoms with van der Waals surface area (Å²) in [5.41, 5.74) is 0.828. The summed E-state index contributed by atoms with van der Waals surface area (Å²) in [6, 6.07) is 13.7. The number of carboxylic acid groups (broad SMARTS) is 1. The maximum atomic E-state index is 13.6. The molecule has 3 N–H and O–H groups in total. The molecule has 0 radical (unpaired) electrons. The number of ether oxygens (including phenoxy) is 1. The second-order valence-electron chi connectivity index (χ2n) is 8.78. The van der Waals surface area contributed by atoms with E-state index in [9.17, 15) is 28.7 Å². The van der Waals surface area contributed by atoms with Crippen LogP contribution in [0.5, 0.6) is 5.75 Å². The number of aliphatic carboxylic acids is 1. The van der Waals surface area contributed by atoms with Gasteiger partial charge in [0.25, 0.3) is 5.91 Å². The lowest BCUT2D eigenvalue weighted by Gasteiger charge is -2.31. The Kier molecular flexibility index (Phi) is 8.77. The fourth-order valence-electron chi connectivity index (χ4n) is 4.29. The number of urea groups is 1. The molecule has 1 fully saturated rings. The van der Waals surface area contributed by atoms with E-state index >= 15 is 0 Å². The van der Waals surface area contributed by atoms with E-state index in [1.165, 1.54) is 40.4 Å². The quantitative estimate of drug-likeness (QED) is 0.372. The minimum absolute atomic E-state index is 0.0475. The molecular weight excluding hydrogens is 527 g/mol. The number of amides is 4. The molecule has 2 aromatic carbocycles. The Hall–Kier alpha value is -4.45. The van der Waals surface area contributed by atoms with Crippen LogP contribution >= 0.6 is 11.3 Å². The Morgan fingerprint density at radius 3 is 2.36 bits per heavy atom. The number of hydrogen-bond donors (Lipinski definition) is 3. The van der Waals surface area contributed by atoms with Crippen LogP contribution in [-0.2, 0) is 20.8 Å². The van der Waals surface area contributed by atoms with Gasteiger partial charge in [0.05, 0.1) is 26.0 Å². The first-order valence-electron chi connectivity index (χ1n) is 12.1. The third kappa shape index (κ3) is 6.90. The number of hydrogen-bond acceptors (Lipinski definition) is 6. The number of nitrogens with zero attached hydrogens (tertiary/aromatic N) is 2. The van der Waals surface area contributed by atoms with E-state index in [2.05, 4.69) is 10.6 Å². The van der Waals surface area contributed by atoms with Gasteiger partial charge < -0.3 is 25.4 Å². The number of carbonyl (C=O) groups excluding carboxylic acids is 3. The molecule has 2 atom stereocenters. The Labute approximate surface area is 228 Å². The highest BCUT2D eigenvalue weighted by molar-refractivity contribution is 7.10. The zero-order valence-corrected chi connectivity index (χ0v) is 21.8. The summed E-state index contributed by atoms with van der Waals surface area (Å²) in [7, 11) is 1.52. The van der Waals surface area contributed by atoms with Crippen LogP contribution in [0.1, 0.15) is 22.9 Å². The number of thiophene rings is 1. The van der Waals surface area contributed by atoms with Crippen molar-refractivity contribution in [1.82, 2.24) is 15.1 Å². The second kappa shape index (κ2) is 12.4. The highest BCUT2D eigenvalue weighted by Gasteiger charge is 2.43. The Bertz CT molecular complexity index is 1320. The number of nitrogens with one attached hydrogen (secondary N) is 2. The number of methoxy groups -OCH3 is 1. The fraction of sp³-hybridized carbons (Fsp3) is 0.259. The Morgan fingerprint density at radius 2 is 1.74 bits per heavy atom. The first-order valence-corrected chi connectivity index (χ1v) is 12.9. The van der Waals surface area contributed by atoms with E-state index in [4.69, 9.17) is 4.74 Å². The first-order chi connectivity index (χ1) is 18.7. The van der Waals surface area contributed by atoms with Crippen LogP contribution in [0.25, 0.3) is 0 Å². The summed E-state index contributed by atoms with van der Waals surface area (Å²) in [6.07, 6.45) is -1.76. The molecule has 1 aliphatic rings. The Morgan fingerprint density at radius 1 is 1.05 bits per heavy atom. The first kappa shape index (κ1) is 27.6. The van der Waals surface area contributed by atoms with Crippen molar-refractivity contribution in [3.8, 4) is 5.75 Å². The van der Waals surface area contributed by atoms with Gasteiger partial charge in [-0.25, -0.2) is 9.18 Å². The van der Waals surface area contributed by atoms with Crippen molar-refractivity contribution in [2.75, 3.05) is 25.5 Å². The largest absolute Gasteiger partial charge is 0.497 e. The van der Waals surface area contributed by atoms with Crippen LogP contribution < -0.4 is 15.4 Å². The van der Waals surface area contributed by atoms with E-state index in [0.717, 1.165) is 17.0 Å². The summed E-state index contributed by atoms with van der Waals surface area (Å²) >= 11 is 1.40. The van der Waals surface area contributed by atoms with Gasteiger partial charge in [-0.05, 0) is 53.4 Å². The molecule has 39 heavy (non-hydrogen) atoms. The zero-order valence-electron chi connectivity index (χ0n) is 21.0. The molecule has 0 bridgehead atoms. The monoisotopic (exact) mass is 554 g/mol. The minimum Gasteiger partial charge on any atom is -0.497 e. The minimum atomic E-state index is -1.33. The molecule has 0 aliphatic carbocycles. The number of rotatable bonds is 9. The molecule has 204 valence electrons. The molecule has 1 aromatic heterocycles. The van der Waals surface area contributed by atoms with Crippen LogP contribution in [0.2, 0.25) is 0 Å². The third-order valence-electron chi connectivity index (χ3n) is 6.20. The molecule has 1 saturated heterocycles. The van der Waals surface area contributed by atoms with Gasteiger partial charge in [0.15, 0.2) is 6.17 Å². The van der Waals surface area contributed by atoms with Crippen LogP contribution in [-0.4, -0.2) is 65.1 Å². The van der Waals surface area contributed by atoms with Crippen LogP contribution in [0.15, 0.2) is 66.0 Å². The lowest BCUT2D eigenvalue weighted by atomic mass is 10.0. The van der Waals surface area contributed by atoms with E-state index in [0.29, 0.717) is 17.0 Å². The van der Waals surface area contributed by atoms with Crippen molar-refractivity contribution in [3.05, 3.63) is 82.3 Å². The molecule has 3 aromatic rings. The normalized spacial score (nSPS) is 15.5. The van der Waals surface area contributed by atoms with Gasteiger partial charge in [0, 0.05) is 23.7 Å². The number of carboxylic acids is 1. The van der Waals surface area contributed by atoms with Crippen molar-refractivity contribution < 1.29 is 33.4 Å². The summed E-state index contributed by atoms with van der Waals surface area (Å²) in [4.78, 5) is 55.0. The lowest BCUT2D eigenvalue weighted by molar-refractivity contribution is -0.142. The lowest BCUT2D eigenvalue weighted by Crippen LogP contribution is -2.55. The molecule has 2 unspecified atom stereocenters. The van der Waals surface area contributed by atoms with Crippen LogP contribution in [0.4, 0.5) is 14.9 Å². The van der Waals surface area contributed by atoms with E-state index < -0.39 is 42.4 Å². The van der Waals surface area contributed by atoms with Gasteiger partial charge >= 0.3 is 12.0 Å². The fourth-order valence-corrected chi connectivity index (χ4v) is 4.98. The summed E-state index contributed by atoms with van der Waals surface area (Å²) in [6.45, 7) is 0.189. The van der Waals surface area contributed by atoms with Crippen LogP contribution in [0.3, 0.4) is 0 Å². The molecule has 2 heterocycles. The standard InChI is InChI=1S/C27H27FN4O6S/c1-38-20-10-8-19(9-11-20)29-27(37)32-13-12-31(23(33)15-21-3-2-14-39-21)26(32)25(36)30-22(16-24(34)35)17-4-6-18(28)7-5-17/h2-11,14,22,26H,12-13,15-16H2,1H3,(H,29,37)(H,30,36)(H,34,35). The van der Waals surface area contributed by atoms with E-state index in [1.54, 1.807) is 30.3 Å². The van der Waals surface area contributed by atoms with Crippen molar-refractivity contribution >= 4 is 40.8 Å². The van der Waals surface area contributed by atoms with Gasteiger partial charge in [-0.1, -0.05) is 18.2 Å². The zero-order chi connectivity index (χ0) is 27.9. The molecular formula is C27H27FN4O6S.